The molecule has 0 fully saturated rings. The fourth-order valence-electron chi connectivity index (χ4n) is 1.89. The molecule has 0 bridgehead atoms. The Morgan fingerprint density at radius 2 is 2.10 bits per heavy atom. The lowest BCUT2D eigenvalue weighted by Gasteiger charge is -2.20. The van der Waals surface area contributed by atoms with Gasteiger partial charge in [-0.2, -0.15) is 9.57 Å². The van der Waals surface area contributed by atoms with Gasteiger partial charge in [0.1, 0.15) is 0 Å². The molecule has 0 aliphatic heterocycles. The van der Waals surface area contributed by atoms with Gasteiger partial charge in [-0.25, -0.2) is 13.2 Å². The molecule has 0 saturated carbocycles. The van der Waals surface area contributed by atoms with Crippen LogP contribution in [0, 0.1) is 18.3 Å². The first-order valence-corrected chi connectivity index (χ1v) is 7.50. The molecule has 1 aromatic carbocycles. The van der Waals surface area contributed by atoms with Crippen molar-refractivity contribution in [1.82, 2.24) is 4.31 Å². The van der Waals surface area contributed by atoms with Gasteiger partial charge in [0.2, 0.25) is 10.0 Å². The molecule has 7 heteroatoms. The van der Waals surface area contributed by atoms with Gasteiger partial charge < -0.3 is 5.11 Å². The molecular weight excluding hydrogens is 280 g/mol. The number of sulfonamides is 1. The molecule has 0 atom stereocenters. The van der Waals surface area contributed by atoms with Crippen molar-refractivity contribution >= 4 is 16.0 Å². The highest BCUT2D eigenvalue weighted by atomic mass is 32.2. The summed E-state index contributed by atoms with van der Waals surface area (Å²) in [5.74, 6) is -1.17. The van der Waals surface area contributed by atoms with E-state index in [2.05, 4.69) is 0 Å². The van der Waals surface area contributed by atoms with E-state index in [1.807, 2.05) is 6.07 Å². The van der Waals surface area contributed by atoms with E-state index in [0.717, 1.165) is 0 Å². The van der Waals surface area contributed by atoms with Gasteiger partial charge in [-0.1, -0.05) is 13.0 Å². The van der Waals surface area contributed by atoms with Crippen LogP contribution in [0.5, 0.6) is 0 Å². The average Bonchev–Trinajstić information content (AvgIpc) is 2.39. The monoisotopic (exact) mass is 296 g/mol. The van der Waals surface area contributed by atoms with Gasteiger partial charge in [-0.05, 0) is 24.6 Å². The Labute approximate surface area is 118 Å². The lowest BCUT2D eigenvalue weighted by Crippen LogP contribution is -2.32. The third kappa shape index (κ3) is 3.15. The molecule has 0 aliphatic carbocycles. The van der Waals surface area contributed by atoms with E-state index in [1.165, 1.54) is 29.4 Å². The SMILES string of the molecule is CCN(CCC#N)S(=O)(=O)c1cccc(C(=O)O)c1C. The van der Waals surface area contributed by atoms with Crippen molar-refractivity contribution in [3.8, 4) is 6.07 Å². The van der Waals surface area contributed by atoms with Crippen molar-refractivity contribution in [2.24, 2.45) is 0 Å². The number of aromatic carboxylic acids is 1. The summed E-state index contributed by atoms with van der Waals surface area (Å²) in [6.07, 6.45) is 0.0880. The number of rotatable bonds is 6. The minimum Gasteiger partial charge on any atom is -0.478 e. The summed E-state index contributed by atoms with van der Waals surface area (Å²) in [4.78, 5) is 11.0. The number of nitrogens with zero attached hydrogens (tertiary/aromatic N) is 2. The predicted octanol–water partition coefficient (Wildman–Crippen LogP) is 1.62. The number of hydrogen-bond acceptors (Lipinski definition) is 4. The van der Waals surface area contributed by atoms with E-state index in [0.29, 0.717) is 0 Å². The van der Waals surface area contributed by atoms with Crippen molar-refractivity contribution < 1.29 is 18.3 Å². The Kier molecular flexibility index (Phi) is 5.25. The van der Waals surface area contributed by atoms with Crippen LogP contribution >= 0.6 is 0 Å². The smallest absolute Gasteiger partial charge is 0.335 e. The van der Waals surface area contributed by atoms with Crippen LogP contribution in [0.4, 0.5) is 0 Å². The van der Waals surface area contributed by atoms with Gasteiger partial charge in [-0.3, -0.25) is 0 Å². The molecule has 0 unspecified atom stereocenters. The highest BCUT2D eigenvalue weighted by Gasteiger charge is 2.26. The highest BCUT2D eigenvalue weighted by molar-refractivity contribution is 7.89. The second-order valence-electron chi connectivity index (χ2n) is 4.14. The molecule has 0 heterocycles. The zero-order valence-electron chi connectivity index (χ0n) is 11.3. The Morgan fingerprint density at radius 1 is 1.45 bits per heavy atom. The van der Waals surface area contributed by atoms with Crippen LogP contribution in [0.2, 0.25) is 0 Å². The van der Waals surface area contributed by atoms with Crippen LogP contribution in [-0.2, 0) is 10.0 Å². The summed E-state index contributed by atoms with van der Waals surface area (Å²) in [5.41, 5.74) is 0.165. The number of benzene rings is 1. The van der Waals surface area contributed by atoms with Crippen molar-refractivity contribution in [1.29, 1.82) is 5.26 Å². The first-order chi connectivity index (χ1) is 9.36. The zero-order valence-corrected chi connectivity index (χ0v) is 12.1. The van der Waals surface area contributed by atoms with E-state index in [4.69, 9.17) is 10.4 Å². The van der Waals surface area contributed by atoms with Crippen molar-refractivity contribution in [2.45, 2.75) is 25.2 Å². The molecule has 1 aromatic rings. The maximum atomic E-state index is 12.5. The predicted molar refractivity (Wildman–Crippen MR) is 72.8 cm³/mol. The maximum absolute atomic E-state index is 12.5. The quantitative estimate of drug-likeness (QED) is 0.860. The summed E-state index contributed by atoms with van der Waals surface area (Å²) < 4.78 is 26.1. The van der Waals surface area contributed by atoms with Crippen LogP contribution < -0.4 is 0 Å². The molecule has 20 heavy (non-hydrogen) atoms. The Balaban J connectivity index is 3.32. The minimum absolute atomic E-state index is 0.0304. The molecule has 1 N–H and O–H groups in total. The first kappa shape index (κ1) is 16.1. The fourth-order valence-corrected chi connectivity index (χ4v) is 3.58. The third-order valence-corrected chi connectivity index (χ3v) is 5.08. The van der Waals surface area contributed by atoms with E-state index in [-0.39, 0.29) is 35.5 Å². The molecule has 0 amide bonds. The Morgan fingerprint density at radius 3 is 2.60 bits per heavy atom. The van der Waals surface area contributed by atoms with Gasteiger partial charge in [0.15, 0.2) is 0 Å². The summed E-state index contributed by atoms with van der Waals surface area (Å²) >= 11 is 0. The summed E-state index contributed by atoms with van der Waals surface area (Å²) in [5, 5.41) is 17.6. The van der Waals surface area contributed by atoms with Gasteiger partial charge in [-0.15, -0.1) is 0 Å². The van der Waals surface area contributed by atoms with Crippen LogP contribution in [0.1, 0.15) is 29.3 Å². The topological polar surface area (TPSA) is 98.5 Å². The van der Waals surface area contributed by atoms with E-state index < -0.39 is 16.0 Å². The molecule has 1 rings (SSSR count). The number of carbonyl (C=O) groups is 1. The van der Waals surface area contributed by atoms with Gasteiger partial charge >= 0.3 is 5.97 Å². The second-order valence-corrected chi connectivity index (χ2v) is 6.05. The van der Waals surface area contributed by atoms with Crippen molar-refractivity contribution in [3.05, 3.63) is 29.3 Å². The first-order valence-electron chi connectivity index (χ1n) is 6.06. The van der Waals surface area contributed by atoms with Crippen molar-refractivity contribution in [3.63, 3.8) is 0 Å². The molecule has 0 spiro atoms. The largest absolute Gasteiger partial charge is 0.478 e. The molecular formula is C13H16N2O4S. The molecule has 0 aliphatic rings. The lowest BCUT2D eigenvalue weighted by atomic mass is 10.1. The highest BCUT2D eigenvalue weighted by Crippen LogP contribution is 2.22. The van der Waals surface area contributed by atoms with E-state index >= 15 is 0 Å². The van der Waals surface area contributed by atoms with Gasteiger partial charge in [0, 0.05) is 19.5 Å². The Hall–Kier alpha value is -1.91. The van der Waals surface area contributed by atoms with E-state index in [1.54, 1.807) is 6.92 Å². The summed E-state index contributed by atoms with van der Waals surface area (Å²) in [7, 11) is -3.79. The van der Waals surface area contributed by atoms with Crippen LogP contribution in [0.25, 0.3) is 0 Å². The molecule has 6 nitrogen and oxygen atoms in total. The molecule has 0 radical (unpaired) electrons. The summed E-state index contributed by atoms with van der Waals surface area (Å²) in [6, 6.07) is 6.05. The average molecular weight is 296 g/mol. The Bertz CT molecular complexity index is 647. The minimum atomic E-state index is -3.79. The second kappa shape index (κ2) is 6.50. The number of carboxylic acids is 1. The van der Waals surface area contributed by atoms with Crippen LogP contribution in [0.3, 0.4) is 0 Å². The molecule has 0 aromatic heterocycles. The number of carboxylic acid groups (broad SMARTS) is 1. The maximum Gasteiger partial charge on any atom is 0.335 e. The zero-order chi connectivity index (χ0) is 15.3. The number of hydrogen-bond donors (Lipinski definition) is 1. The normalized spacial score (nSPS) is 11.3. The van der Waals surface area contributed by atoms with Crippen LogP contribution in [0.15, 0.2) is 23.1 Å². The summed E-state index contributed by atoms with van der Waals surface area (Å²) in [6.45, 7) is 3.45. The van der Waals surface area contributed by atoms with Gasteiger partial charge in [0.05, 0.1) is 16.5 Å². The number of nitriles is 1. The van der Waals surface area contributed by atoms with E-state index in [9.17, 15) is 13.2 Å². The van der Waals surface area contributed by atoms with Crippen molar-refractivity contribution in [2.75, 3.05) is 13.1 Å². The van der Waals surface area contributed by atoms with Gasteiger partial charge in [0.25, 0.3) is 0 Å². The molecule has 108 valence electrons. The molecule has 0 saturated heterocycles. The third-order valence-electron chi connectivity index (χ3n) is 2.96. The fraction of sp³-hybridized carbons (Fsp3) is 0.385. The van der Waals surface area contributed by atoms with Crippen LogP contribution in [-0.4, -0.2) is 36.9 Å². The lowest BCUT2D eigenvalue weighted by molar-refractivity contribution is 0.0696. The standard InChI is InChI=1S/C13H16N2O4S/c1-3-15(9-5-8-14)20(18,19)12-7-4-6-11(10(12)2)13(16)17/h4,6-7H,3,5,9H2,1-2H3,(H,16,17).